The van der Waals surface area contributed by atoms with E-state index in [9.17, 15) is 19.5 Å². The molecular formula is C28H24ClNO6. The summed E-state index contributed by atoms with van der Waals surface area (Å²) in [5.74, 6) is -2.13. The summed E-state index contributed by atoms with van der Waals surface area (Å²) >= 11 is 6.12. The molecule has 184 valence electrons. The van der Waals surface area contributed by atoms with Crippen LogP contribution in [0.3, 0.4) is 0 Å². The van der Waals surface area contributed by atoms with E-state index in [1.807, 2.05) is 13.0 Å². The number of benzene rings is 3. The standard InChI is InChI=1S/C28H24ClNO6/c1-3-15-36-28(34)18-9-12-20(13-10-18)30-24(17-7-5-4-6-8-17)23(26(32)27(30)33)25(31)19-11-14-21(29)22(16-19)35-2/h4-14,16,24,31H,3,15H2,1-2H3/b25-23-. The fourth-order valence-corrected chi connectivity index (χ4v) is 4.24. The molecule has 1 saturated heterocycles. The quantitative estimate of drug-likeness (QED) is 0.196. The van der Waals surface area contributed by atoms with Crippen LogP contribution in [0.15, 0.2) is 78.4 Å². The molecule has 3 aromatic carbocycles. The van der Waals surface area contributed by atoms with Gasteiger partial charge in [-0.25, -0.2) is 4.79 Å². The van der Waals surface area contributed by atoms with Gasteiger partial charge in [0.05, 0.1) is 35.9 Å². The molecule has 0 radical (unpaired) electrons. The molecule has 0 saturated carbocycles. The molecule has 1 atom stereocenters. The number of carbonyl (C=O) groups excluding carboxylic acids is 3. The number of esters is 1. The molecule has 0 bridgehead atoms. The highest BCUT2D eigenvalue weighted by Gasteiger charge is 2.47. The van der Waals surface area contributed by atoms with E-state index in [1.165, 1.54) is 18.1 Å². The molecule has 3 aromatic rings. The predicted molar refractivity (Wildman–Crippen MR) is 136 cm³/mol. The van der Waals surface area contributed by atoms with Crippen LogP contribution in [0, 0.1) is 0 Å². The number of hydrogen-bond acceptors (Lipinski definition) is 6. The van der Waals surface area contributed by atoms with Gasteiger partial charge in [-0.15, -0.1) is 0 Å². The summed E-state index contributed by atoms with van der Waals surface area (Å²) in [6.45, 7) is 2.20. The van der Waals surface area contributed by atoms with E-state index < -0.39 is 23.7 Å². The number of methoxy groups -OCH3 is 1. The normalized spacial score (nSPS) is 16.8. The molecule has 8 heteroatoms. The van der Waals surface area contributed by atoms with Gasteiger partial charge < -0.3 is 14.6 Å². The fraction of sp³-hybridized carbons (Fsp3) is 0.179. The van der Waals surface area contributed by atoms with E-state index in [0.717, 1.165) is 0 Å². The third kappa shape index (κ3) is 4.70. The summed E-state index contributed by atoms with van der Waals surface area (Å²) in [6.07, 6.45) is 0.699. The van der Waals surface area contributed by atoms with Crippen LogP contribution in [-0.2, 0) is 14.3 Å². The Bertz CT molecular complexity index is 1330. The van der Waals surface area contributed by atoms with E-state index in [2.05, 4.69) is 0 Å². The summed E-state index contributed by atoms with van der Waals surface area (Å²) < 4.78 is 10.4. The summed E-state index contributed by atoms with van der Waals surface area (Å²) in [6, 6.07) is 18.9. The van der Waals surface area contributed by atoms with Crippen molar-refractivity contribution < 1.29 is 29.0 Å². The number of nitrogens with zero attached hydrogens (tertiary/aromatic N) is 1. The van der Waals surface area contributed by atoms with E-state index in [0.29, 0.717) is 40.6 Å². The Morgan fingerprint density at radius 2 is 1.67 bits per heavy atom. The molecule has 0 spiro atoms. The topological polar surface area (TPSA) is 93.1 Å². The van der Waals surface area contributed by atoms with Crippen LogP contribution in [0.4, 0.5) is 5.69 Å². The number of ketones is 1. The third-order valence-electron chi connectivity index (χ3n) is 5.80. The molecule has 0 aliphatic carbocycles. The highest BCUT2D eigenvalue weighted by Crippen LogP contribution is 2.42. The monoisotopic (exact) mass is 505 g/mol. The molecule has 1 heterocycles. The Kier molecular flexibility index (Phi) is 7.41. The van der Waals surface area contributed by atoms with E-state index in [4.69, 9.17) is 21.1 Å². The lowest BCUT2D eigenvalue weighted by Gasteiger charge is -2.25. The summed E-state index contributed by atoms with van der Waals surface area (Å²) in [7, 11) is 1.44. The van der Waals surface area contributed by atoms with E-state index in [1.54, 1.807) is 60.7 Å². The first kappa shape index (κ1) is 25.0. The van der Waals surface area contributed by atoms with Gasteiger partial charge in [-0.1, -0.05) is 48.9 Å². The number of aliphatic hydroxyl groups is 1. The zero-order valence-corrected chi connectivity index (χ0v) is 20.5. The number of anilines is 1. The summed E-state index contributed by atoms with van der Waals surface area (Å²) in [4.78, 5) is 40.0. The van der Waals surface area contributed by atoms with Gasteiger partial charge in [-0.2, -0.15) is 0 Å². The van der Waals surface area contributed by atoms with Crippen molar-refractivity contribution in [2.45, 2.75) is 19.4 Å². The Balaban J connectivity index is 1.82. The van der Waals surface area contributed by atoms with Crippen LogP contribution in [-0.4, -0.2) is 36.5 Å². The van der Waals surface area contributed by atoms with Crippen molar-refractivity contribution in [2.24, 2.45) is 0 Å². The van der Waals surface area contributed by atoms with Gasteiger partial charge in [0.1, 0.15) is 11.5 Å². The van der Waals surface area contributed by atoms with Crippen LogP contribution < -0.4 is 9.64 Å². The van der Waals surface area contributed by atoms with Crippen LogP contribution >= 0.6 is 11.6 Å². The van der Waals surface area contributed by atoms with Crippen molar-refractivity contribution in [1.82, 2.24) is 0 Å². The Morgan fingerprint density at radius 3 is 2.31 bits per heavy atom. The minimum atomic E-state index is -0.897. The molecule has 7 nitrogen and oxygen atoms in total. The number of aliphatic hydroxyl groups excluding tert-OH is 1. The zero-order chi connectivity index (χ0) is 25.8. The molecule has 1 N–H and O–H groups in total. The van der Waals surface area contributed by atoms with Gasteiger partial charge in [0.2, 0.25) is 0 Å². The highest BCUT2D eigenvalue weighted by molar-refractivity contribution is 6.51. The lowest BCUT2D eigenvalue weighted by Crippen LogP contribution is -2.29. The van der Waals surface area contributed by atoms with Gasteiger partial charge in [0.15, 0.2) is 0 Å². The van der Waals surface area contributed by atoms with Crippen molar-refractivity contribution in [3.8, 4) is 5.75 Å². The molecule has 36 heavy (non-hydrogen) atoms. The summed E-state index contributed by atoms with van der Waals surface area (Å²) in [5.41, 5.74) is 1.57. The maximum absolute atomic E-state index is 13.3. The number of rotatable bonds is 7. The van der Waals surface area contributed by atoms with E-state index >= 15 is 0 Å². The average Bonchev–Trinajstić information content (AvgIpc) is 3.17. The minimum absolute atomic E-state index is 0.0676. The lowest BCUT2D eigenvalue weighted by atomic mass is 9.95. The number of halogens is 1. The maximum Gasteiger partial charge on any atom is 0.338 e. The summed E-state index contributed by atoms with van der Waals surface area (Å²) in [5, 5.41) is 11.6. The lowest BCUT2D eigenvalue weighted by molar-refractivity contribution is -0.132. The first-order valence-electron chi connectivity index (χ1n) is 11.3. The van der Waals surface area contributed by atoms with Crippen LogP contribution in [0.1, 0.15) is 40.9 Å². The second-order valence-corrected chi connectivity index (χ2v) is 8.52. The molecule has 1 aliphatic heterocycles. The van der Waals surface area contributed by atoms with Crippen molar-refractivity contribution >= 4 is 40.7 Å². The largest absolute Gasteiger partial charge is 0.507 e. The van der Waals surface area contributed by atoms with Gasteiger partial charge in [0, 0.05) is 11.3 Å². The van der Waals surface area contributed by atoms with E-state index in [-0.39, 0.29) is 16.9 Å². The van der Waals surface area contributed by atoms with Gasteiger partial charge >= 0.3 is 5.97 Å². The van der Waals surface area contributed by atoms with Gasteiger partial charge in [-0.3, -0.25) is 14.5 Å². The first-order valence-corrected chi connectivity index (χ1v) is 11.7. The van der Waals surface area contributed by atoms with Crippen LogP contribution in [0.2, 0.25) is 5.02 Å². The number of ether oxygens (including phenoxy) is 2. The SMILES string of the molecule is CCCOC(=O)c1ccc(N2C(=O)C(=O)/C(=C(\O)c3ccc(Cl)c(OC)c3)C2c2ccccc2)cc1. The molecule has 4 rings (SSSR count). The van der Waals surface area contributed by atoms with Crippen molar-refractivity contribution in [2.75, 3.05) is 18.6 Å². The number of carbonyl (C=O) groups is 3. The van der Waals surface area contributed by atoms with Crippen LogP contribution in [0.5, 0.6) is 5.75 Å². The Labute approximate surface area is 213 Å². The predicted octanol–water partition coefficient (Wildman–Crippen LogP) is 5.54. The van der Waals surface area contributed by atoms with Gasteiger partial charge in [-0.05, 0) is 54.4 Å². The number of Topliss-reactive ketones (excluding diaryl/α,β-unsaturated/α-hetero) is 1. The molecule has 1 fully saturated rings. The number of amides is 1. The molecular weight excluding hydrogens is 482 g/mol. The minimum Gasteiger partial charge on any atom is -0.507 e. The average molecular weight is 506 g/mol. The maximum atomic E-state index is 13.3. The number of hydrogen-bond donors (Lipinski definition) is 1. The highest BCUT2D eigenvalue weighted by atomic mass is 35.5. The van der Waals surface area contributed by atoms with Gasteiger partial charge in [0.25, 0.3) is 11.7 Å². The fourth-order valence-electron chi connectivity index (χ4n) is 4.05. The zero-order valence-electron chi connectivity index (χ0n) is 19.7. The second-order valence-electron chi connectivity index (χ2n) is 8.11. The third-order valence-corrected chi connectivity index (χ3v) is 6.11. The first-order chi connectivity index (χ1) is 17.4. The molecule has 1 aliphatic rings. The van der Waals surface area contributed by atoms with Crippen molar-refractivity contribution in [1.29, 1.82) is 0 Å². The molecule has 1 amide bonds. The molecule has 0 aromatic heterocycles. The smallest absolute Gasteiger partial charge is 0.338 e. The Morgan fingerprint density at radius 1 is 1.00 bits per heavy atom. The Hall–Kier alpha value is -4.10. The van der Waals surface area contributed by atoms with Crippen LogP contribution in [0.25, 0.3) is 5.76 Å². The molecule has 1 unspecified atom stereocenters. The van der Waals surface area contributed by atoms with Crippen molar-refractivity contribution in [3.63, 3.8) is 0 Å². The van der Waals surface area contributed by atoms with Crippen molar-refractivity contribution in [3.05, 3.63) is 100 Å². The second kappa shape index (κ2) is 10.7.